The molecule has 196 valence electrons. The van der Waals surface area contributed by atoms with E-state index in [4.69, 9.17) is 16.7 Å². The van der Waals surface area contributed by atoms with Gasteiger partial charge in [0.2, 0.25) is 16.0 Å². The molecule has 3 aromatic rings. The van der Waals surface area contributed by atoms with Crippen molar-refractivity contribution < 1.29 is 12.6 Å². The van der Waals surface area contributed by atoms with E-state index in [2.05, 4.69) is 14.4 Å². The summed E-state index contributed by atoms with van der Waals surface area (Å²) in [5, 5.41) is 7.08. The van der Waals surface area contributed by atoms with Gasteiger partial charge in [0.1, 0.15) is 0 Å². The van der Waals surface area contributed by atoms with Crippen LogP contribution in [0.15, 0.2) is 93.9 Å². The molecule has 3 aromatic carbocycles. The number of guanidine groups is 1. The highest BCUT2D eigenvalue weighted by Gasteiger charge is 2.32. The molecule has 0 amide bonds. The van der Waals surface area contributed by atoms with Crippen LogP contribution in [0.2, 0.25) is 5.02 Å². The molecule has 8 nitrogen and oxygen atoms in total. The Morgan fingerprint density at radius 1 is 1.03 bits per heavy atom. The van der Waals surface area contributed by atoms with Crippen molar-refractivity contribution in [3.05, 3.63) is 95.0 Å². The lowest BCUT2D eigenvalue weighted by atomic mass is 9.90. The van der Waals surface area contributed by atoms with E-state index in [9.17, 15) is 12.6 Å². The Morgan fingerprint density at radius 2 is 1.65 bits per heavy atom. The Hall–Kier alpha value is -3.21. The third-order valence-electron chi connectivity index (χ3n) is 5.27. The van der Waals surface area contributed by atoms with Crippen molar-refractivity contribution in [1.29, 1.82) is 0 Å². The Balaban J connectivity index is 0.00000186. The van der Waals surface area contributed by atoms with Gasteiger partial charge in [0, 0.05) is 23.7 Å². The zero-order valence-electron chi connectivity index (χ0n) is 21.1. The molecule has 0 aromatic heterocycles. The monoisotopic (exact) mass is 559 g/mol. The molecule has 1 aliphatic heterocycles. The first-order chi connectivity index (χ1) is 17.7. The van der Waals surface area contributed by atoms with Crippen LogP contribution >= 0.6 is 11.6 Å². The average Bonchev–Trinajstić information content (AvgIpc) is 3.34. The van der Waals surface area contributed by atoms with Crippen LogP contribution in [0.25, 0.3) is 0 Å². The highest BCUT2D eigenvalue weighted by molar-refractivity contribution is 7.92. The van der Waals surface area contributed by atoms with E-state index < -0.39 is 21.0 Å². The number of rotatable bonds is 6. The summed E-state index contributed by atoms with van der Waals surface area (Å²) >= 11 is 5.94. The summed E-state index contributed by atoms with van der Waals surface area (Å²) in [7, 11) is -3.32. The van der Waals surface area contributed by atoms with Crippen LogP contribution in [0.1, 0.15) is 30.9 Å². The Labute approximate surface area is 226 Å². The third-order valence-corrected chi connectivity index (χ3v) is 7.19. The zero-order valence-corrected chi connectivity index (χ0v) is 23.4. The van der Waals surface area contributed by atoms with E-state index in [-0.39, 0.29) is 5.92 Å². The lowest BCUT2D eigenvalue weighted by molar-refractivity contribution is 0.464. The van der Waals surface area contributed by atoms with Gasteiger partial charge in [-0.25, -0.2) is 17.6 Å². The molecule has 1 heterocycles. The minimum atomic E-state index is -3.37. The van der Waals surface area contributed by atoms with Gasteiger partial charge in [0.25, 0.3) is 0 Å². The number of hydrogen-bond donors (Lipinski definition) is 2. The summed E-state index contributed by atoms with van der Waals surface area (Å²) in [4.78, 5) is 4.85. The molecule has 0 aliphatic carbocycles. The largest absolute Gasteiger partial charge is 0.284 e. The molecule has 0 radical (unpaired) electrons. The van der Waals surface area contributed by atoms with E-state index in [1.54, 1.807) is 48.5 Å². The predicted octanol–water partition coefficient (Wildman–Crippen LogP) is 4.84. The van der Waals surface area contributed by atoms with Gasteiger partial charge in [-0.1, -0.05) is 67.9 Å². The number of aliphatic imine (C=N–C) groups is 1. The van der Waals surface area contributed by atoms with Crippen LogP contribution in [-0.2, 0) is 21.0 Å². The van der Waals surface area contributed by atoms with Crippen LogP contribution in [0.5, 0.6) is 0 Å². The maximum absolute atomic E-state index is 12.9. The summed E-state index contributed by atoms with van der Waals surface area (Å²) in [6.45, 7) is 4.49. The van der Waals surface area contributed by atoms with E-state index in [0.717, 1.165) is 23.1 Å². The number of nitrogens with zero attached hydrogens (tertiary/aromatic N) is 3. The maximum Gasteiger partial charge on any atom is 0.229 e. The molecular weight excluding hydrogens is 530 g/mol. The molecule has 0 saturated carbocycles. The molecule has 1 aliphatic rings. The van der Waals surface area contributed by atoms with E-state index >= 15 is 0 Å². The second kappa shape index (κ2) is 12.8. The molecule has 2 N–H and O–H groups in total. The van der Waals surface area contributed by atoms with Gasteiger partial charge in [-0.05, 0) is 47.5 Å². The number of benzene rings is 3. The molecule has 0 spiro atoms. The lowest BCUT2D eigenvalue weighted by Gasteiger charge is -2.19. The number of hydrogen-bond acceptors (Lipinski definition) is 5. The van der Waals surface area contributed by atoms with Gasteiger partial charge in [0.15, 0.2) is 11.0 Å². The van der Waals surface area contributed by atoms with Crippen LogP contribution in [0.4, 0.5) is 5.69 Å². The summed E-state index contributed by atoms with van der Waals surface area (Å²) < 4.78 is 41.4. The van der Waals surface area contributed by atoms with Crippen molar-refractivity contribution in [2.45, 2.75) is 24.7 Å². The Morgan fingerprint density at radius 3 is 2.22 bits per heavy atom. The quantitative estimate of drug-likeness (QED) is 0.333. The molecule has 4 rings (SSSR count). The van der Waals surface area contributed by atoms with E-state index in [0.29, 0.717) is 28.1 Å². The first-order valence-electron chi connectivity index (χ1n) is 11.6. The first-order valence-corrected chi connectivity index (χ1v) is 15.1. The van der Waals surface area contributed by atoms with Crippen molar-refractivity contribution in [3.8, 4) is 0 Å². The normalized spacial score (nSPS) is 16.4. The second-order valence-corrected chi connectivity index (χ2v) is 11.3. The van der Waals surface area contributed by atoms with Crippen LogP contribution < -0.4 is 9.44 Å². The standard InChI is InChI=1S/C24H24ClN5O3S2.C2H6/c1-26-24(28-34(31)21-14-10-19(25)11-15-21)30-16-22(17-6-4-3-5-7-17)23(27-30)18-8-12-20(13-9-18)29-35(2,32)33;1-2/h3-15,22,29H,16H2,1-2H3,(H,26,28);1-2H3. The molecule has 37 heavy (non-hydrogen) atoms. The summed E-state index contributed by atoms with van der Waals surface area (Å²) in [5.74, 6) is 0.289. The number of sulfonamides is 1. The Bertz CT molecular complexity index is 1380. The number of halogens is 1. The van der Waals surface area contributed by atoms with Gasteiger partial charge in [0.05, 0.1) is 23.4 Å². The van der Waals surface area contributed by atoms with Crippen molar-refractivity contribution in [2.24, 2.45) is 10.1 Å². The Kier molecular flexibility index (Phi) is 9.85. The van der Waals surface area contributed by atoms with Gasteiger partial charge < -0.3 is 0 Å². The number of nitrogens with one attached hydrogen (secondary N) is 2. The molecule has 0 saturated heterocycles. The van der Waals surface area contributed by atoms with Crippen molar-refractivity contribution in [2.75, 3.05) is 24.6 Å². The van der Waals surface area contributed by atoms with E-state index in [1.807, 2.05) is 56.3 Å². The minimum absolute atomic E-state index is 0.0764. The van der Waals surface area contributed by atoms with Crippen molar-refractivity contribution in [1.82, 2.24) is 9.73 Å². The highest BCUT2D eigenvalue weighted by Crippen LogP contribution is 2.29. The fourth-order valence-corrected chi connectivity index (χ4v) is 5.23. The molecular formula is C26H30ClN5O3S2. The lowest BCUT2D eigenvalue weighted by Crippen LogP contribution is -2.38. The summed E-state index contributed by atoms with van der Waals surface area (Å²) in [5.41, 5.74) is 3.18. The zero-order chi connectivity index (χ0) is 27.0. The van der Waals surface area contributed by atoms with E-state index in [1.165, 1.54) is 0 Å². The molecule has 2 unspecified atom stereocenters. The van der Waals surface area contributed by atoms with Gasteiger partial charge in [-0.3, -0.25) is 14.4 Å². The molecule has 2 atom stereocenters. The summed E-state index contributed by atoms with van der Waals surface area (Å²) in [6, 6.07) is 23.8. The van der Waals surface area contributed by atoms with Crippen LogP contribution in [-0.4, -0.2) is 49.2 Å². The highest BCUT2D eigenvalue weighted by atomic mass is 35.5. The molecule has 0 fully saturated rings. The topological polar surface area (TPSA) is 103 Å². The van der Waals surface area contributed by atoms with Crippen molar-refractivity contribution >= 4 is 50.0 Å². The van der Waals surface area contributed by atoms with Crippen LogP contribution in [0.3, 0.4) is 0 Å². The van der Waals surface area contributed by atoms with Crippen molar-refractivity contribution in [3.63, 3.8) is 0 Å². The van der Waals surface area contributed by atoms with Gasteiger partial charge in [-0.2, -0.15) is 5.10 Å². The van der Waals surface area contributed by atoms with Gasteiger partial charge in [-0.15, -0.1) is 0 Å². The third kappa shape index (κ3) is 7.64. The second-order valence-electron chi connectivity index (χ2n) is 7.85. The average molecular weight is 560 g/mol. The fourth-order valence-electron chi connectivity index (χ4n) is 3.68. The minimum Gasteiger partial charge on any atom is -0.284 e. The number of hydrazone groups is 1. The maximum atomic E-state index is 12.9. The SMILES string of the molecule is CC.CN=C(NS(=O)c1ccc(Cl)cc1)N1CC(c2ccccc2)C(c2ccc(NS(C)(=O)=O)cc2)=N1. The fraction of sp³-hybridized carbons (Fsp3) is 0.231. The first kappa shape index (κ1) is 28.4. The molecule has 11 heteroatoms. The molecule has 0 bridgehead atoms. The predicted molar refractivity (Wildman–Crippen MR) is 153 cm³/mol. The summed E-state index contributed by atoms with van der Waals surface area (Å²) in [6.07, 6.45) is 1.11. The smallest absolute Gasteiger partial charge is 0.229 e. The number of anilines is 1. The van der Waals surface area contributed by atoms with Gasteiger partial charge >= 0.3 is 0 Å². The van der Waals surface area contributed by atoms with Crippen LogP contribution in [0, 0.1) is 0 Å².